The van der Waals surface area contributed by atoms with Crippen molar-refractivity contribution in [2.24, 2.45) is 0 Å². The molecule has 0 saturated heterocycles. The number of nitrogens with one attached hydrogen (secondary N) is 1. The third-order valence-electron chi connectivity index (χ3n) is 6.49. The molecule has 0 radical (unpaired) electrons. The Balaban J connectivity index is 1.29. The summed E-state index contributed by atoms with van der Waals surface area (Å²) in [5.74, 6) is 2.49. The minimum Gasteiger partial charge on any atom is -0.491 e. The van der Waals surface area contributed by atoms with E-state index < -0.39 is 0 Å². The van der Waals surface area contributed by atoms with Crippen molar-refractivity contribution in [2.45, 2.75) is 58.9 Å². The molecule has 5 heteroatoms. The standard InChI is InChI=1S/C31H37N3O2/c1-23(2)26-14-6-9-17-29(26)36-21-20-34-28-16-8-7-15-27(28)33-30(34)18-5-4-10-19-32-31(35)25-13-11-12-24(3)22-25/h6-9,11-17,22-23H,4-5,10,18-21H2,1-3H3,(H,32,35). The average molecular weight is 484 g/mol. The molecule has 0 spiro atoms. The molecule has 1 amide bonds. The summed E-state index contributed by atoms with van der Waals surface area (Å²) in [6.45, 7) is 8.43. The number of fused-ring (bicyclic) bond motifs is 1. The number of amides is 1. The molecule has 1 N–H and O–H groups in total. The molecule has 0 aliphatic heterocycles. The molecule has 0 bridgehead atoms. The van der Waals surface area contributed by atoms with Gasteiger partial charge in [-0.15, -0.1) is 0 Å². The van der Waals surface area contributed by atoms with E-state index in [-0.39, 0.29) is 5.91 Å². The van der Waals surface area contributed by atoms with Gasteiger partial charge in [-0.05, 0) is 61.6 Å². The molecule has 0 aliphatic carbocycles. The highest BCUT2D eigenvalue weighted by molar-refractivity contribution is 5.94. The molecule has 5 nitrogen and oxygen atoms in total. The smallest absolute Gasteiger partial charge is 0.251 e. The van der Waals surface area contributed by atoms with Crippen LogP contribution in [0.25, 0.3) is 11.0 Å². The second-order valence-electron chi connectivity index (χ2n) is 9.65. The summed E-state index contributed by atoms with van der Waals surface area (Å²) in [6, 6.07) is 24.3. The number of hydrogen-bond acceptors (Lipinski definition) is 3. The summed E-state index contributed by atoms with van der Waals surface area (Å²) in [4.78, 5) is 17.2. The zero-order chi connectivity index (χ0) is 25.3. The third kappa shape index (κ3) is 6.54. The second-order valence-corrected chi connectivity index (χ2v) is 9.65. The Hall–Kier alpha value is -3.60. The van der Waals surface area contributed by atoms with E-state index in [4.69, 9.17) is 9.72 Å². The molecule has 36 heavy (non-hydrogen) atoms. The highest BCUT2D eigenvalue weighted by atomic mass is 16.5. The summed E-state index contributed by atoms with van der Waals surface area (Å²) in [5.41, 5.74) is 5.24. The summed E-state index contributed by atoms with van der Waals surface area (Å²) in [7, 11) is 0. The van der Waals surface area contributed by atoms with Crippen molar-refractivity contribution >= 4 is 16.9 Å². The van der Waals surface area contributed by atoms with E-state index in [9.17, 15) is 4.79 Å². The van der Waals surface area contributed by atoms with Crippen LogP contribution in [0.2, 0.25) is 0 Å². The van der Waals surface area contributed by atoms with Crippen LogP contribution in [-0.2, 0) is 13.0 Å². The molecule has 4 rings (SSSR count). The van der Waals surface area contributed by atoms with Crippen molar-refractivity contribution in [1.29, 1.82) is 0 Å². The lowest BCUT2D eigenvalue weighted by molar-refractivity contribution is 0.0953. The molecule has 0 atom stereocenters. The fourth-order valence-corrected chi connectivity index (χ4v) is 4.58. The van der Waals surface area contributed by atoms with Crippen LogP contribution in [0.3, 0.4) is 0 Å². The number of ether oxygens (including phenoxy) is 1. The predicted molar refractivity (Wildman–Crippen MR) is 147 cm³/mol. The minimum absolute atomic E-state index is 0.000432. The number of aromatic nitrogens is 2. The van der Waals surface area contributed by atoms with E-state index in [2.05, 4.69) is 60.1 Å². The summed E-state index contributed by atoms with van der Waals surface area (Å²) in [6.07, 6.45) is 3.92. The minimum atomic E-state index is -0.000432. The van der Waals surface area contributed by atoms with Crippen LogP contribution < -0.4 is 10.1 Å². The van der Waals surface area contributed by atoms with E-state index in [0.717, 1.165) is 66.0 Å². The first-order chi connectivity index (χ1) is 17.5. The summed E-state index contributed by atoms with van der Waals surface area (Å²) < 4.78 is 8.51. The first kappa shape index (κ1) is 25.5. The summed E-state index contributed by atoms with van der Waals surface area (Å²) >= 11 is 0. The van der Waals surface area contributed by atoms with E-state index >= 15 is 0 Å². The molecular weight excluding hydrogens is 446 g/mol. The van der Waals surface area contributed by atoms with Gasteiger partial charge in [0.1, 0.15) is 18.2 Å². The normalized spacial score (nSPS) is 11.2. The Morgan fingerprint density at radius 3 is 2.61 bits per heavy atom. The first-order valence-corrected chi connectivity index (χ1v) is 13.0. The maximum Gasteiger partial charge on any atom is 0.251 e. The fourth-order valence-electron chi connectivity index (χ4n) is 4.58. The van der Waals surface area contributed by atoms with Gasteiger partial charge in [0.05, 0.1) is 17.6 Å². The van der Waals surface area contributed by atoms with Gasteiger partial charge >= 0.3 is 0 Å². The van der Waals surface area contributed by atoms with E-state index in [0.29, 0.717) is 19.1 Å². The number of aryl methyl sites for hydroxylation is 2. The first-order valence-electron chi connectivity index (χ1n) is 13.0. The number of carbonyl (C=O) groups is 1. The topological polar surface area (TPSA) is 56.2 Å². The predicted octanol–water partition coefficient (Wildman–Crippen LogP) is 6.69. The van der Waals surface area contributed by atoms with Crippen molar-refractivity contribution in [3.05, 3.63) is 95.3 Å². The lowest BCUT2D eigenvalue weighted by atomic mass is 10.0. The Labute approximate surface area is 214 Å². The van der Waals surface area contributed by atoms with Crippen molar-refractivity contribution in [3.63, 3.8) is 0 Å². The van der Waals surface area contributed by atoms with Crippen molar-refractivity contribution < 1.29 is 9.53 Å². The van der Waals surface area contributed by atoms with Crippen LogP contribution in [0.4, 0.5) is 0 Å². The van der Waals surface area contributed by atoms with Gasteiger partial charge in [0, 0.05) is 18.5 Å². The van der Waals surface area contributed by atoms with Gasteiger partial charge in [-0.3, -0.25) is 4.79 Å². The second kappa shape index (κ2) is 12.4. The molecule has 0 aliphatic rings. The zero-order valence-corrected chi connectivity index (χ0v) is 21.7. The van der Waals surface area contributed by atoms with Crippen molar-refractivity contribution in [2.75, 3.05) is 13.2 Å². The van der Waals surface area contributed by atoms with E-state index in [1.165, 1.54) is 5.56 Å². The monoisotopic (exact) mass is 483 g/mol. The van der Waals surface area contributed by atoms with Crippen LogP contribution in [0.5, 0.6) is 5.75 Å². The number of rotatable bonds is 12. The number of hydrogen-bond donors (Lipinski definition) is 1. The summed E-state index contributed by atoms with van der Waals surface area (Å²) in [5, 5.41) is 3.04. The number of imidazole rings is 1. The van der Waals surface area contributed by atoms with E-state index in [1.807, 2.05) is 43.3 Å². The maximum atomic E-state index is 12.3. The van der Waals surface area contributed by atoms with Crippen LogP contribution in [0.1, 0.15) is 66.3 Å². The number of nitrogens with zero attached hydrogens (tertiary/aromatic N) is 2. The fraction of sp³-hybridized carbons (Fsp3) is 0.355. The van der Waals surface area contributed by atoms with Crippen molar-refractivity contribution in [1.82, 2.24) is 14.9 Å². The van der Waals surface area contributed by atoms with Crippen LogP contribution >= 0.6 is 0 Å². The Morgan fingerprint density at radius 1 is 0.972 bits per heavy atom. The van der Waals surface area contributed by atoms with Crippen molar-refractivity contribution in [3.8, 4) is 5.75 Å². The number of benzene rings is 3. The highest BCUT2D eigenvalue weighted by Gasteiger charge is 2.12. The van der Waals surface area contributed by atoms with Crippen LogP contribution in [-0.4, -0.2) is 28.6 Å². The lowest BCUT2D eigenvalue weighted by Crippen LogP contribution is -2.24. The van der Waals surface area contributed by atoms with Gasteiger partial charge in [-0.1, -0.05) is 68.3 Å². The molecule has 4 aromatic rings. The van der Waals surface area contributed by atoms with Gasteiger partial charge in [-0.2, -0.15) is 0 Å². The molecule has 1 heterocycles. The SMILES string of the molecule is Cc1cccc(C(=O)NCCCCCc2nc3ccccc3n2CCOc2ccccc2C(C)C)c1. The molecule has 0 saturated carbocycles. The van der Waals surface area contributed by atoms with Gasteiger partial charge in [0.25, 0.3) is 5.91 Å². The van der Waals surface area contributed by atoms with Gasteiger partial charge < -0.3 is 14.6 Å². The Bertz CT molecular complexity index is 1290. The molecular formula is C31H37N3O2. The molecule has 1 aromatic heterocycles. The number of carbonyl (C=O) groups excluding carboxylic acids is 1. The molecule has 0 fully saturated rings. The molecule has 3 aromatic carbocycles. The lowest BCUT2D eigenvalue weighted by Gasteiger charge is -2.15. The largest absolute Gasteiger partial charge is 0.491 e. The van der Waals surface area contributed by atoms with Gasteiger partial charge in [0.15, 0.2) is 0 Å². The van der Waals surface area contributed by atoms with Crippen LogP contribution in [0, 0.1) is 6.92 Å². The Kier molecular flexibility index (Phi) is 8.77. The van der Waals surface area contributed by atoms with Gasteiger partial charge in [-0.25, -0.2) is 4.98 Å². The van der Waals surface area contributed by atoms with E-state index in [1.54, 1.807) is 0 Å². The zero-order valence-electron chi connectivity index (χ0n) is 21.7. The quantitative estimate of drug-likeness (QED) is 0.228. The van der Waals surface area contributed by atoms with Crippen LogP contribution in [0.15, 0.2) is 72.8 Å². The molecule has 0 unspecified atom stereocenters. The third-order valence-corrected chi connectivity index (χ3v) is 6.49. The maximum absolute atomic E-state index is 12.3. The van der Waals surface area contributed by atoms with Gasteiger partial charge in [0.2, 0.25) is 0 Å². The number of unbranched alkanes of at least 4 members (excludes halogenated alkanes) is 2. The Morgan fingerprint density at radius 2 is 1.78 bits per heavy atom. The highest BCUT2D eigenvalue weighted by Crippen LogP contribution is 2.26. The molecule has 188 valence electrons. The average Bonchev–Trinajstić information content (AvgIpc) is 3.23. The number of para-hydroxylation sites is 3.